The van der Waals surface area contributed by atoms with Crippen LogP contribution >= 0.6 is 11.6 Å². The third-order valence-electron chi connectivity index (χ3n) is 1.71. The largest absolute Gasteiger partial charge is 0.483 e. The van der Waals surface area contributed by atoms with Gasteiger partial charge in [-0.1, -0.05) is 11.6 Å². The summed E-state index contributed by atoms with van der Waals surface area (Å²) in [4.78, 5) is 20.2. The molecule has 0 saturated heterocycles. The molecule has 90 valence electrons. The monoisotopic (exact) mass is 257 g/mol. The van der Waals surface area contributed by atoms with Gasteiger partial charge in [-0.2, -0.15) is 0 Å². The summed E-state index contributed by atoms with van der Waals surface area (Å²) in [5.74, 6) is -1.12. The number of benzene rings is 1. The fourth-order valence-electron chi connectivity index (χ4n) is 1.04. The van der Waals surface area contributed by atoms with Gasteiger partial charge in [0.05, 0.1) is 4.92 Å². The Morgan fingerprint density at radius 1 is 1.59 bits per heavy atom. The molecule has 0 aromatic heterocycles. The highest BCUT2D eigenvalue weighted by Crippen LogP contribution is 2.29. The first-order valence-electron chi connectivity index (χ1n) is 4.47. The zero-order chi connectivity index (χ0) is 12.8. The number of ether oxygens (including phenoxy) is 1. The van der Waals surface area contributed by atoms with Gasteiger partial charge >= 0.3 is 11.7 Å². The van der Waals surface area contributed by atoms with Crippen molar-refractivity contribution in [2.45, 2.75) is 0 Å². The average molecular weight is 258 g/mol. The second-order valence-corrected chi connectivity index (χ2v) is 3.36. The zero-order valence-electron chi connectivity index (χ0n) is 8.50. The van der Waals surface area contributed by atoms with Crippen molar-refractivity contribution in [2.24, 2.45) is 0 Å². The molecule has 0 atom stereocenters. The lowest BCUT2D eigenvalue weighted by Crippen LogP contribution is -1.99. The van der Waals surface area contributed by atoms with E-state index in [0.29, 0.717) is 5.02 Å². The van der Waals surface area contributed by atoms with Gasteiger partial charge in [-0.05, 0) is 12.1 Å². The van der Waals surface area contributed by atoms with Gasteiger partial charge in [0.2, 0.25) is 0 Å². The van der Waals surface area contributed by atoms with Crippen LogP contribution in [-0.2, 0) is 4.79 Å². The smallest absolute Gasteiger partial charge is 0.328 e. The molecule has 0 amide bonds. The number of halogens is 1. The van der Waals surface area contributed by atoms with E-state index in [0.717, 1.165) is 6.08 Å². The highest BCUT2D eigenvalue weighted by Gasteiger charge is 2.14. The number of carbonyl (C=O) groups is 1. The van der Waals surface area contributed by atoms with Gasteiger partial charge < -0.3 is 9.84 Å². The third kappa shape index (κ3) is 4.12. The minimum Gasteiger partial charge on any atom is -0.483 e. The van der Waals surface area contributed by atoms with Gasteiger partial charge in [0, 0.05) is 23.2 Å². The van der Waals surface area contributed by atoms with Crippen molar-refractivity contribution in [2.75, 3.05) is 6.61 Å². The maximum absolute atomic E-state index is 10.6. The predicted molar refractivity (Wildman–Crippen MR) is 60.4 cm³/mol. The molecule has 0 unspecified atom stereocenters. The summed E-state index contributed by atoms with van der Waals surface area (Å²) in [6.07, 6.45) is 2.11. The number of aliphatic carboxylic acids is 1. The van der Waals surface area contributed by atoms with Crippen molar-refractivity contribution in [1.29, 1.82) is 0 Å². The van der Waals surface area contributed by atoms with Crippen LogP contribution in [0.4, 0.5) is 5.69 Å². The van der Waals surface area contributed by atoms with E-state index in [4.69, 9.17) is 21.4 Å². The molecule has 1 N–H and O–H groups in total. The molecule has 7 heteroatoms. The van der Waals surface area contributed by atoms with Gasteiger partial charge in [0.25, 0.3) is 0 Å². The summed E-state index contributed by atoms with van der Waals surface area (Å²) in [7, 11) is 0. The lowest BCUT2D eigenvalue weighted by atomic mass is 10.3. The van der Waals surface area contributed by atoms with Gasteiger partial charge in [-0.15, -0.1) is 0 Å². The van der Waals surface area contributed by atoms with Gasteiger partial charge in [0.1, 0.15) is 6.61 Å². The van der Waals surface area contributed by atoms with Crippen molar-refractivity contribution in [1.82, 2.24) is 0 Å². The Bertz CT molecular complexity index is 472. The number of carboxylic acids is 1. The fourth-order valence-corrected chi connectivity index (χ4v) is 1.20. The van der Waals surface area contributed by atoms with Gasteiger partial charge in [-0.3, -0.25) is 10.1 Å². The van der Waals surface area contributed by atoms with E-state index in [9.17, 15) is 14.9 Å². The molecule has 0 bridgehead atoms. The summed E-state index contributed by atoms with van der Waals surface area (Å²) >= 11 is 5.67. The second-order valence-electron chi connectivity index (χ2n) is 2.92. The highest BCUT2D eigenvalue weighted by atomic mass is 35.5. The Hall–Kier alpha value is -2.08. The molecule has 0 spiro atoms. The molecule has 0 aliphatic heterocycles. The number of nitro benzene ring substituents is 1. The average Bonchev–Trinajstić information content (AvgIpc) is 2.23. The molecule has 1 aromatic carbocycles. The third-order valence-corrected chi connectivity index (χ3v) is 1.95. The molecule has 0 aliphatic carbocycles. The minimum absolute atomic E-state index is 0.00228. The minimum atomic E-state index is -1.12. The molecular formula is C10H8ClNO5. The summed E-state index contributed by atoms with van der Waals surface area (Å²) in [5.41, 5.74) is -0.224. The van der Waals surface area contributed by atoms with Crippen LogP contribution < -0.4 is 4.74 Å². The highest BCUT2D eigenvalue weighted by molar-refractivity contribution is 6.30. The van der Waals surface area contributed by atoms with E-state index in [-0.39, 0.29) is 18.0 Å². The predicted octanol–water partition coefficient (Wildman–Crippen LogP) is 2.27. The first-order valence-corrected chi connectivity index (χ1v) is 4.84. The number of hydrogen-bond donors (Lipinski definition) is 1. The van der Waals surface area contributed by atoms with Crippen LogP contribution in [0.1, 0.15) is 0 Å². The molecule has 1 rings (SSSR count). The van der Waals surface area contributed by atoms with Crippen molar-refractivity contribution in [3.63, 3.8) is 0 Å². The number of rotatable bonds is 5. The van der Waals surface area contributed by atoms with Crippen molar-refractivity contribution >= 4 is 23.3 Å². The topological polar surface area (TPSA) is 89.7 Å². The molecule has 1 aromatic rings. The van der Waals surface area contributed by atoms with Gasteiger partial charge in [-0.25, -0.2) is 4.79 Å². The van der Waals surface area contributed by atoms with E-state index in [1.165, 1.54) is 24.3 Å². The number of nitro groups is 1. The molecule has 0 radical (unpaired) electrons. The van der Waals surface area contributed by atoms with Crippen LogP contribution in [0, 0.1) is 10.1 Å². The van der Waals surface area contributed by atoms with E-state index in [1.54, 1.807) is 0 Å². The fraction of sp³-hybridized carbons (Fsp3) is 0.100. The molecule has 0 saturated carbocycles. The standard InChI is InChI=1S/C10H8ClNO5/c11-7-3-4-8(12(15)16)9(6-7)17-5-1-2-10(13)14/h1-4,6H,5H2,(H,13,14). The number of hydrogen-bond acceptors (Lipinski definition) is 4. The summed E-state index contributed by atoms with van der Waals surface area (Å²) in [6, 6.07) is 3.90. The first-order chi connectivity index (χ1) is 8.00. The Kier molecular flexibility index (Phi) is 4.47. The van der Waals surface area contributed by atoms with Crippen molar-refractivity contribution in [3.05, 3.63) is 45.5 Å². The van der Waals surface area contributed by atoms with Crippen LogP contribution in [-0.4, -0.2) is 22.6 Å². The summed E-state index contributed by atoms with van der Waals surface area (Å²) in [6.45, 7) is -0.0898. The Morgan fingerprint density at radius 3 is 2.88 bits per heavy atom. The summed E-state index contributed by atoms with van der Waals surface area (Å²) in [5, 5.41) is 19.3. The van der Waals surface area contributed by atoms with Gasteiger partial charge in [0.15, 0.2) is 5.75 Å². The van der Waals surface area contributed by atoms with Crippen LogP contribution in [0.15, 0.2) is 30.4 Å². The van der Waals surface area contributed by atoms with E-state index in [2.05, 4.69) is 0 Å². The van der Waals surface area contributed by atoms with Crippen LogP contribution in [0.5, 0.6) is 5.75 Å². The SMILES string of the molecule is O=C(O)C=CCOc1cc(Cl)ccc1[N+](=O)[O-]. The second kappa shape index (κ2) is 5.86. The molecule has 0 aliphatic rings. The molecule has 6 nitrogen and oxygen atoms in total. The van der Waals surface area contributed by atoms with Crippen LogP contribution in [0.3, 0.4) is 0 Å². The van der Waals surface area contributed by atoms with Crippen LogP contribution in [0.25, 0.3) is 0 Å². The van der Waals surface area contributed by atoms with E-state index >= 15 is 0 Å². The zero-order valence-corrected chi connectivity index (χ0v) is 9.26. The molecule has 0 heterocycles. The number of nitrogens with zero attached hydrogens (tertiary/aromatic N) is 1. The first kappa shape index (κ1) is 13.0. The lowest BCUT2D eigenvalue weighted by Gasteiger charge is -2.04. The molecular weight excluding hydrogens is 250 g/mol. The normalized spacial score (nSPS) is 10.4. The van der Waals surface area contributed by atoms with E-state index < -0.39 is 10.9 Å². The van der Waals surface area contributed by atoms with E-state index in [1.807, 2.05) is 0 Å². The maximum atomic E-state index is 10.6. The summed E-state index contributed by atoms with van der Waals surface area (Å²) < 4.78 is 5.05. The van der Waals surface area contributed by atoms with Crippen LogP contribution in [0.2, 0.25) is 5.02 Å². The maximum Gasteiger partial charge on any atom is 0.328 e. The Labute approximate surface area is 101 Å². The van der Waals surface area contributed by atoms with Crippen molar-refractivity contribution in [3.8, 4) is 5.75 Å². The number of carboxylic acid groups (broad SMARTS) is 1. The van der Waals surface area contributed by atoms with Crippen molar-refractivity contribution < 1.29 is 19.6 Å². The molecule has 17 heavy (non-hydrogen) atoms. The molecule has 0 fully saturated rings. The Morgan fingerprint density at radius 2 is 2.29 bits per heavy atom. The lowest BCUT2D eigenvalue weighted by molar-refractivity contribution is -0.385. The Balaban J connectivity index is 2.78. The quantitative estimate of drug-likeness (QED) is 0.496.